The third-order valence-electron chi connectivity index (χ3n) is 2.55. The predicted molar refractivity (Wildman–Crippen MR) is 57.1 cm³/mol. The summed E-state index contributed by atoms with van der Waals surface area (Å²) in [4.78, 5) is 0. The topological polar surface area (TPSA) is 9.23 Å². The molecule has 1 heterocycles. The van der Waals surface area contributed by atoms with Gasteiger partial charge in [0.15, 0.2) is 0 Å². The minimum Gasteiger partial charge on any atom is -0.374 e. The number of hydrogen-bond acceptors (Lipinski definition) is 1. The SMILES string of the molecule is FC(F)(F)c1cc(Br)cc(C2CCCO2)c1. The Morgan fingerprint density at radius 3 is 2.56 bits per heavy atom. The molecular formula is C11H10BrF3O. The highest BCUT2D eigenvalue weighted by molar-refractivity contribution is 9.10. The highest BCUT2D eigenvalue weighted by Gasteiger charge is 2.32. The summed E-state index contributed by atoms with van der Waals surface area (Å²) in [6.45, 7) is 0.624. The minimum absolute atomic E-state index is 0.196. The first-order valence-corrected chi connectivity index (χ1v) is 5.75. The molecule has 1 atom stereocenters. The zero-order valence-corrected chi connectivity index (χ0v) is 9.94. The first-order valence-electron chi connectivity index (χ1n) is 4.96. The smallest absolute Gasteiger partial charge is 0.374 e. The number of benzene rings is 1. The largest absolute Gasteiger partial charge is 0.416 e. The van der Waals surface area contributed by atoms with Crippen LogP contribution in [0.25, 0.3) is 0 Å². The third kappa shape index (κ3) is 2.58. The summed E-state index contributed by atoms with van der Waals surface area (Å²) in [6.07, 6.45) is -2.82. The summed E-state index contributed by atoms with van der Waals surface area (Å²) in [6, 6.07) is 3.93. The Labute approximate surface area is 99.7 Å². The van der Waals surface area contributed by atoms with Crippen molar-refractivity contribution >= 4 is 15.9 Å². The lowest BCUT2D eigenvalue weighted by Crippen LogP contribution is -2.07. The minimum atomic E-state index is -4.31. The van der Waals surface area contributed by atoms with E-state index in [9.17, 15) is 13.2 Å². The van der Waals surface area contributed by atoms with Gasteiger partial charge in [0.05, 0.1) is 11.7 Å². The lowest BCUT2D eigenvalue weighted by atomic mass is 10.0. The molecule has 1 saturated heterocycles. The molecule has 1 aromatic carbocycles. The van der Waals surface area contributed by atoms with Crippen LogP contribution in [-0.2, 0) is 10.9 Å². The van der Waals surface area contributed by atoms with E-state index in [4.69, 9.17) is 4.74 Å². The van der Waals surface area contributed by atoms with Crippen molar-refractivity contribution in [3.63, 3.8) is 0 Å². The third-order valence-corrected chi connectivity index (χ3v) is 3.01. The second kappa shape index (κ2) is 4.37. The second-order valence-corrected chi connectivity index (χ2v) is 4.69. The van der Waals surface area contributed by atoms with Gasteiger partial charge < -0.3 is 4.74 Å². The number of rotatable bonds is 1. The Morgan fingerprint density at radius 2 is 2.00 bits per heavy atom. The summed E-state index contributed by atoms with van der Waals surface area (Å²) in [7, 11) is 0. The molecule has 1 unspecified atom stereocenters. The van der Waals surface area contributed by atoms with Crippen LogP contribution in [0.5, 0.6) is 0 Å². The average molecular weight is 295 g/mol. The van der Waals surface area contributed by atoms with Gasteiger partial charge in [-0.3, -0.25) is 0 Å². The van der Waals surface area contributed by atoms with Crippen molar-refractivity contribution in [2.24, 2.45) is 0 Å². The first-order chi connectivity index (χ1) is 7.47. The number of hydrogen-bond donors (Lipinski definition) is 0. The van der Waals surface area contributed by atoms with Gasteiger partial charge in [0.25, 0.3) is 0 Å². The van der Waals surface area contributed by atoms with Crippen LogP contribution < -0.4 is 0 Å². The molecule has 0 aromatic heterocycles. The first kappa shape index (κ1) is 11.9. The molecule has 1 fully saturated rings. The molecule has 0 spiro atoms. The maximum Gasteiger partial charge on any atom is 0.416 e. The molecule has 0 N–H and O–H groups in total. The Kier molecular flexibility index (Phi) is 3.26. The highest BCUT2D eigenvalue weighted by atomic mass is 79.9. The van der Waals surface area contributed by atoms with Gasteiger partial charge in [0.1, 0.15) is 0 Å². The maximum atomic E-state index is 12.6. The van der Waals surface area contributed by atoms with E-state index in [-0.39, 0.29) is 6.10 Å². The fourth-order valence-corrected chi connectivity index (χ4v) is 2.31. The van der Waals surface area contributed by atoms with E-state index >= 15 is 0 Å². The van der Waals surface area contributed by atoms with Gasteiger partial charge in [-0.2, -0.15) is 13.2 Å². The number of alkyl halides is 3. The second-order valence-electron chi connectivity index (χ2n) is 3.77. The Morgan fingerprint density at radius 1 is 1.25 bits per heavy atom. The molecular weight excluding hydrogens is 285 g/mol. The Hall–Kier alpha value is -0.550. The van der Waals surface area contributed by atoms with Gasteiger partial charge >= 0.3 is 6.18 Å². The molecule has 5 heteroatoms. The van der Waals surface area contributed by atoms with Crippen LogP contribution >= 0.6 is 15.9 Å². The normalized spacial score (nSPS) is 21.4. The number of ether oxygens (including phenoxy) is 1. The van der Waals surface area contributed by atoms with Gasteiger partial charge in [-0.25, -0.2) is 0 Å². The van der Waals surface area contributed by atoms with Crippen LogP contribution in [0, 0.1) is 0 Å². The molecule has 0 radical (unpaired) electrons. The summed E-state index contributed by atoms with van der Waals surface area (Å²) >= 11 is 3.10. The Bertz CT molecular complexity index is 383. The molecule has 1 aliphatic heterocycles. The van der Waals surface area contributed by atoms with Crippen LogP contribution in [0.3, 0.4) is 0 Å². The molecule has 2 rings (SSSR count). The monoisotopic (exact) mass is 294 g/mol. The summed E-state index contributed by atoms with van der Waals surface area (Å²) < 4.78 is 43.5. The van der Waals surface area contributed by atoms with Crippen molar-refractivity contribution in [2.45, 2.75) is 25.1 Å². The van der Waals surface area contributed by atoms with Crippen molar-refractivity contribution in [3.8, 4) is 0 Å². The van der Waals surface area contributed by atoms with Crippen LogP contribution in [0.1, 0.15) is 30.1 Å². The van der Waals surface area contributed by atoms with Gasteiger partial charge in [0, 0.05) is 11.1 Å². The van der Waals surface area contributed by atoms with Gasteiger partial charge in [-0.15, -0.1) is 0 Å². The van der Waals surface area contributed by atoms with Crippen LogP contribution in [0.2, 0.25) is 0 Å². The molecule has 0 saturated carbocycles. The molecule has 0 aliphatic carbocycles. The lowest BCUT2D eigenvalue weighted by Gasteiger charge is -2.14. The van der Waals surface area contributed by atoms with Gasteiger partial charge in [-0.05, 0) is 36.6 Å². The predicted octanol–water partition coefficient (Wildman–Crippen LogP) is 4.32. The van der Waals surface area contributed by atoms with E-state index in [0.29, 0.717) is 16.6 Å². The van der Waals surface area contributed by atoms with Gasteiger partial charge in [-0.1, -0.05) is 15.9 Å². The Balaban J connectivity index is 2.35. The van der Waals surface area contributed by atoms with Crippen molar-refractivity contribution in [1.29, 1.82) is 0 Å². The quantitative estimate of drug-likeness (QED) is 0.749. The van der Waals surface area contributed by atoms with Crippen LogP contribution in [0.15, 0.2) is 22.7 Å². The molecule has 0 bridgehead atoms. The van der Waals surface area contributed by atoms with Crippen LogP contribution in [0.4, 0.5) is 13.2 Å². The van der Waals surface area contributed by atoms with Crippen molar-refractivity contribution in [2.75, 3.05) is 6.61 Å². The highest BCUT2D eigenvalue weighted by Crippen LogP contribution is 2.36. The van der Waals surface area contributed by atoms with E-state index in [1.165, 1.54) is 6.07 Å². The van der Waals surface area contributed by atoms with Gasteiger partial charge in [0.2, 0.25) is 0 Å². The summed E-state index contributed by atoms with van der Waals surface area (Å²) in [5, 5.41) is 0. The average Bonchev–Trinajstić information content (AvgIpc) is 2.68. The molecule has 0 amide bonds. The zero-order chi connectivity index (χ0) is 11.8. The lowest BCUT2D eigenvalue weighted by molar-refractivity contribution is -0.137. The fourth-order valence-electron chi connectivity index (χ4n) is 1.80. The fraction of sp³-hybridized carbons (Fsp3) is 0.455. The summed E-state index contributed by atoms with van der Waals surface area (Å²) in [5.41, 5.74) is -0.0356. The van der Waals surface area contributed by atoms with Crippen molar-refractivity contribution in [3.05, 3.63) is 33.8 Å². The van der Waals surface area contributed by atoms with E-state index < -0.39 is 11.7 Å². The van der Waals surface area contributed by atoms with E-state index in [0.717, 1.165) is 18.9 Å². The molecule has 1 nitrogen and oxygen atoms in total. The standard InChI is InChI=1S/C11H10BrF3O/c12-9-5-7(10-2-1-3-16-10)4-8(6-9)11(13,14)15/h4-6,10H,1-3H2. The zero-order valence-electron chi connectivity index (χ0n) is 8.35. The van der Waals surface area contributed by atoms with Crippen LogP contribution in [-0.4, -0.2) is 6.61 Å². The van der Waals surface area contributed by atoms with Crippen molar-refractivity contribution in [1.82, 2.24) is 0 Å². The molecule has 1 aromatic rings. The molecule has 16 heavy (non-hydrogen) atoms. The van der Waals surface area contributed by atoms with E-state index in [2.05, 4.69) is 15.9 Å². The van der Waals surface area contributed by atoms with E-state index in [1.54, 1.807) is 6.07 Å². The maximum absolute atomic E-state index is 12.6. The molecule has 88 valence electrons. The summed E-state index contributed by atoms with van der Waals surface area (Å²) in [5.74, 6) is 0. The molecule has 1 aliphatic rings. The van der Waals surface area contributed by atoms with Crippen molar-refractivity contribution < 1.29 is 17.9 Å². The number of halogens is 4. The van der Waals surface area contributed by atoms with E-state index in [1.807, 2.05) is 0 Å².